The molecule has 0 aromatic carbocycles. The fourth-order valence-corrected chi connectivity index (χ4v) is 6.03. The van der Waals surface area contributed by atoms with E-state index in [1.54, 1.807) is 20.8 Å². The zero-order chi connectivity index (χ0) is 28.8. The highest BCUT2D eigenvalue weighted by atomic mass is 32.2. The third kappa shape index (κ3) is 6.78. The van der Waals surface area contributed by atoms with Gasteiger partial charge in [-0.2, -0.15) is 26.3 Å². The van der Waals surface area contributed by atoms with Crippen molar-refractivity contribution in [3.05, 3.63) is 66.2 Å². The molecular formula is C24H19F6N5O2S2. The summed E-state index contributed by atoms with van der Waals surface area (Å²) in [5.41, 5.74) is -3.21. The first-order valence-electron chi connectivity index (χ1n) is 11.0. The summed E-state index contributed by atoms with van der Waals surface area (Å²) < 4.78 is 107. The molecule has 15 heteroatoms. The summed E-state index contributed by atoms with van der Waals surface area (Å²) in [6.07, 6.45) is -7.51. The van der Waals surface area contributed by atoms with Crippen LogP contribution in [0.25, 0.3) is 33.2 Å². The molecular weight excluding hydrogens is 568 g/mol. The Kier molecular flexibility index (Phi) is 7.29. The predicted octanol–water partition coefficient (Wildman–Crippen LogP) is 6.44. The quantitative estimate of drug-likeness (QED) is 0.270. The molecule has 0 aliphatic carbocycles. The molecule has 0 spiro atoms. The van der Waals surface area contributed by atoms with Gasteiger partial charge in [-0.1, -0.05) is 0 Å². The average Bonchev–Trinajstić information content (AvgIpc) is 3.33. The SMILES string of the molecule is CC(C)(C)NS(=O)(=O)c1ccc(-c2cc(-c3nc(-c4ccc(C(F)(F)F)nc4)cc(C(F)(F)F)n3)ccn2)s1. The molecule has 0 saturated heterocycles. The molecule has 4 aromatic rings. The third-order valence-corrected chi connectivity index (χ3v) is 8.28. The maximum absolute atomic E-state index is 13.6. The number of halogens is 6. The molecule has 7 nitrogen and oxygen atoms in total. The number of hydrogen-bond donors (Lipinski definition) is 1. The molecule has 0 radical (unpaired) electrons. The fourth-order valence-electron chi connectivity index (χ4n) is 3.34. The number of rotatable bonds is 5. The minimum Gasteiger partial charge on any atom is -0.255 e. The summed E-state index contributed by atoms with van der Waals surface area (Å²) in [7, 11) is -3.82. The van der Waals surface area contributed by atoms with E-state index < -0.39 is 39.3 Å². The van der Waals surface area contributed by atoms with Crippen molar-refractivity contribution in [2.45, 2.75) is 42.9 Å². The van der Waals surface area contributed by atoms with E-state index in [-0.39, 0.29) is 32.5 Å². The molecule has 39 heavy (non-hydrogen) atoms. The molecule has 4 heterocycles. The van der Waals surface area contributed by atoms with Crippen LogP contribution in [-0.4, -0.2) is 33.9 Å². The van der Waals surface area contributed by atoms with Crippen LogP contribution in [0.1, 0.15) is 32.2 Å². The van der Waals surface area contributed by atoms with Crippen LogP contribution in [0.15, 0.2) is 59.1 Å². The first-order chi connectivity index (χ1) is 17.9. The Morgan fingerprint density at radius 1 is 0.769 bits per heavy atom. The van der Waals surface area contributed by atoms with Crippen molar-refractivity contribution in [2.75, 3.05) is 0 Å². The Morgan fingerprint density at radius 2 is 1.46 bits per heavy atom. The van der Waals surface area contributed by atoms with Crippen LogP contribution >= 0.6 is 11.3 Å². The van der Waals surface area contributed by atoms with Crippen molar-refractivity contribution in [1.29, 1.82) is 0 Å². The third-order valence-electron chi connectivity index (χ3n) is 4.92. The number of thiophene rings is 1. The molecule has 0 aliphatic heterocycles. The number of sulfonamides is 1. The van der Waals surface area contributed by atoms with E-state index in [2.05, 4.69) is 24.7 Å². The Labute approximate surface area is 223 Å². The van der Waals surface area contributed by atoms with Crippen LogP contribution in [0, 0.1) is 0 Å². The topological polar surface area (TPSA) is 97.7 Å². The van der Waals surface area contributed by atoms with Crippen LogP contribution in [0.4, 0.5) is 26.3 Å². The summed E-state index contributed by atoms with van der Waals surface area (Å²) in [5, 5.41) is 0. The van der Waals surface area contributed by atoms with Gasteiger partial charge in [0.15, 0.2) is 5.82 Å². The van der Waals surface area contributed by atoms with Gasteiger partial charge in [0.05, 0.1) is 16.3 Å². The summed E-state index contributed by atoms with van der Waals surface area (Å²) in [5.74, 6) is -0.359. The Morgan fingerprint density at radius 3 is 2.05 bits per heavy atom. The second kappa shape index (κ2) is 9.95. The average molecular weight is 588 g/mol. The molecule has 206 valence electrons. The van der Waals surface area contributed by atoms with Gasteiger partial charge in [-0.3, -0.25) is 9.97 Å². The first kappa shape index (κ1) is 28.6. The highest BCUT2D eigenvalue weighted by molar-refractivity contribution is 7.91. The van der Waals surface area contributed by atoms with Crippen LogP contribution in [-0.2, 0) is 22.4 Å². The number of pyridine rings is 2. The normalized spacial score (nSPS) is 13.1. The van der Waals surface area contributed by atoms with Gasteiger partial charge in [-0.15, -0.1) is 11.3 Å². The lowest BCUT2D eigenvalue weighted by atomic mass is 10.1. The largest absolute Gasteiger partial charge is 0.433 e. The van der Waals surface area contributed by atoms with E-state index in [0.717, 1.165) is 23.6 Å². The van der Waals surface area contributed by atoms with Gasteiger partial charge in [0, 0.05) is 29.1 Å². The number of aromatic nitrogens is 4. The molecule has 4 aromatic heterocycles. The Hall–Kier alpha value is -3.43. The molecule has 0 atom stereocenters. The van der Waals surface area contributed by atoms with Gasteiger partial charge >= 0.3 is 12.4 Å². The smallest absolute Gasteiger partial charge is 0.255 e. The highest BCUT2D eigenvalue weighted by Gasteiger charge is 2.35. The van der Waals surface area contributed by atoms with Gasteiger partial charge in [-0.05, 0) is 63.2 Å². The van der Waals surface area contributed by atoms with Gasteiger partial charge in [0.2, 0.25) is 0 Å². The molecule has 4 rings (SSSR count). The van der Waals surface area contributed by atoms with E-state index in [1.807, 2.05) is 0 Å². The molecule has 0 aliphatic rings. The summed E-state index contributed by atoms with van der Waals surface area (Å²) in [6, 6.07) is 7.89. The van der Waals surface area contributed by atoms with Crippen molar-refractivity contribution in [3.8, 4) is 33.2 Å². The van der Waals surface area contributed by atoms with Gasteiger partial charge in [-0.25, -0.2) is 23.1 Å². The lowest BCUT2D eigenvalue weighted by Gasteiger charge is -2.19. The molecule has 0 amide bonds. The van der Waals surface area contributed by atoms with Crippen molar-refractivity contribution in [1.82, 2.24) is 24.7 Å². The fraction of sp³-hybridized carbons (Fsp3) is 0.250. The lowest BCUT2D eigenvalue weighted by molar-refractivity contribution is -0.141. The molecule has 0 bridgehead atoms. The van der Waals surface area contributed by atoms with Crippen molar-refractivity contribution in [2.24, 2.45) is 0 Å². The Bertz CT molecular complexity index is 1610. The second-order valence-electron chi connectivity index (χ2n) is 9.29. The molecule has 0 saturated carbocycles. The van der Waals surface area contributed by atoms with Crippen LogP contribution in [0.2, 0.25) is 0 Å². The zero-order valence-corrected chi connectivity index (χ0v) is 22.0. The van der Waals surface area contributed by atoms with Crippen molar-refractivity contribution >= 4 is 21.4 Å². The highest BCUT2D eigenvalue weighted by Crippen LogP contribution is 2.35. The number of hydrogen-bond acceptors (Lipinski definition) is 7. The minimum absolute atomic E-state index is 0.0204. The van der Waals surface area contributed by atoms with Gasteiger partial charge in [0.25, 0.3) is 10.0 Å². The first-order valence-corrected chi connectivity index (χ1v) is 13.3. The maximum Gasteiger partial charge on any atom is 0.433 e. The van der Waals surface area contributed by atoms with E-state index in [9.17, 15) is 34.8 Å². The molecule has 0 fully saturated rings. The monoisotopic (exact) mass is 587 g/mol. The van der Waals surface area contributed by atoms with E-state index >= 15 is 0 Å². The number of nitrogens with zero attached hydrogens (tertiary/aromatic N) is 4. The van der Waals surface area contributed by atoms with Crippen molar-refractivity contribution < 1.29 is 34.8 Å². The van der Waals surface area contributed by atoms with Gasteiger partial charge in [0.1, 0.15) is 15.6 Å². The zero-order valence-electron chi connectivity index (χ0n) is 20.4. The predicted molar refractivity (Wildman–Crippen MR) is 132 cm³/mol. The molecule has 0 unspecified atom stereocenters. The van der Waals surface area contributed by atoms with E-state index in [1.165, 1.54) is 30.5 Å². The summed E-state index contributed by atoms with van der Waals surface area (Å²) in [4.78, 5) is 15.6. The Balaban J connectivity index is 1.75. The van der Waals surface area contributed by atoms with Crippen molar-refractivity contribution in [3.63, 3.8) is 0 Å². The molecule has 1 N–H and O–H groups in total. The standard InChI is InChI=1S/C24H19F6N5O2S2/c1-22(2,3)35-39(36,37)20-7-5-17(38-20)16-10-13(8-9-31-16)21-33-15(11-19(34-21)24(28,29)30)14-4-6-18(32-12-14)23(25,26)27/h4-12,35H,1-3H3. The van der Waals surface area contributed by atoms with E-state index in [0.29, 0.717) is 17.0 Å². The summed E-state index contributed by atoms with van der Waals surface area (Å²) in [6.45, 7) is 5.07. The minimum atomic E-state index is -4.88. The summed E-state index contributed by atoms with van der Waals surface area (Å²) >= 11 is 0.914. The van der Waals surface area contributed by atoms with Crippen LogP contribution in [0.3, 0.4) is 0 Å². The second-order valence-corrected chi connectivity index (χ2v) is 12.3. The number of alkyl halides is 6. The number of nitrogens with one attached hydrogen (secondary N) is 1. The van der Waals surface area contributed by atoms with E-state index in [4.69, 9.17) is 0 Å². The van der Waals surface area contributed by atoms with Crippen LogP contribution in [0.5, 0.6) is 0 Å². The van der Waals surface area contributed by atoms with Crippen LogP contribution < -0.4 is 4.72 Å². The van der Waals surface area contributed by atoms with Gasteiger partial charge < -0.3 is 0 Å². The maximum atomic E-state index is 13.6. The lowest BCUT2D eigenvalue weighted by Crippen LogP contribution is -2.40.